The van der Waals surface area contributed by atoms with E-state index in [1.54, 1.807) is 7.11 Å². The van der Waals surface area contributed by atoms with Crippen LogP contribution in [0.2, 0.25) is 0 Å². The van der Waals surface area contributed by atoms with Crippen molar-refractivity contribution < 1.29 is 9.47 Å². The van der Waals surface area contributed by atoms with Crippen molar-refractivity contribution in [2.24, 2.45) is 4.99 Å². The number of nitrogens with zero attached hydrogens (tertiary/aromatic N) is 3. The highest BCUT2D eigenvalue weighted by Crippen LogP contribution is 2.30. The fraction of sp³-hybridized carbons (Fsp3) is 0.696. The number of ether oxygens (including phenoxy) is 2. The Morgan fingerprint density at radius 2 is 1.90 bits per heavy atom. The third-order valence-electron chi connectivity index (χ3n) is 6.52. The molecule has 1 saturated carbocycles. The Hall–Kier alpha value is -1.26. The largest absolute Gasteiger partial charge is 0.497 e. The Labute approximate surface area is 204 Å². The van der Waals surface area contributed by atoms with Gasteiger partial charge in [0.25, 0.3) is 0 Å². The monoisotopic (exact) mass is 543 g/mol. The Morgan fingerprint density at radius 3 is 2.55 bits per heavy atom. The predicted molar refractivity (Wildman–Crippen MR) is 136 cm³/mol. The zero-order valence-electron chi connectivity index (χ0n) is 18.9. The van der Waals surface area contributed by atoms with Gasteiger partial charge in [0.05, 0.1) is 19.8 Å². The zero-order chi connectivity index (χ0) is 20.8. The molecule has 3 heterocycles. The van der Waals surface area contributed by atoms with Gasteiger partial charge in [0.1, 0.15) is 11.5 Å². The molecule has 31 heavy (non-hydrogen) atoms. The number of nitrogens with one attached hydrogen (secondary N) is 2. The molecule has 1 aromatic carbocycles. The molecule has 1 aliphatic carbocycles. The molecule has 4 fully saturated rings. The summed E-state index contributed by atoms with van der Waals surface area (Å²) in [6.45, 7) is 10.4. The Balaban J connectivity index is 0.00000272. The first kappa shape index (κ1) is 24.4. The molecule has 2 bridgehead atoms. The Kier molecular flexibility index (Phi) is 9.52. The van der Waals surface area contributed by atoms with Crippen LogP contribution in [0.3, 0.4) is 0 Å². The maximum absolute atomic E-state index is 6.33. The molecule has 3 saturated heterocycles. The molecule has 4 aliphatic rings. The Bertz CT molecular complexity index is 718. The summed E-state index contributed by atoms with van der Waals surface area (Å²) in [6, 6.07) is 6.64. The van der Waals surface area contributed by atoms with E-state index in [0.717, 1.165) is 55.5 Å². The molecule has 1 unspecified atom stereocenters. The molecule has 3 aliphatic heterocycles. The minimum Gasteiger partial charge on any atom is -0.497 e. The van der Waals surface area contributed by atoms with Crippen molar-refractivity contribution in [3.05, 3.63) is 23.8 Å². The highest BCUT2D eigenvalue weighted by molar-refractivity contribution is 14.0. The van der Waals surface area contributed by atoms with Crippen molar-refractivity contribution in [1.29, 1.82) is 0 Å². The van der Waals surface area contributed by atoms with Gasteiger partial charge in [0.2, 0.25) is 0 Å². The quantitative estimate of drug-likeness (QED) is 0.299. The fourth-order valence-corrected chi connectivity index (χ4v) is 4.73. The lowest BCUT2D eigenvalue weighted by Gasteiger charge is -2.47. The number of guanidine groups is 1. The molecule has 0 radical (unpaired) electrons. The summed E-state index contributed by atoms with van der Waals surface area (Å²) in [7, 11) is 1.70. The van der Waals surface area contributed by atoms with Gasteiger partial charge in [0.15, 0.2) is 5.96 Å². The second kappa shape index (κ2) is 12.1. The first-order valence-corrected chi connectivity index (χ1v) is 11.6. The second-order valence-electron chi connectivity index (χ2n) is 8.56. The molecule has 174 valence electrons. The number of methoxy groups -OCH3 is 1. The molecule has 1 aromatic rings. The summed E-state index contributed by atoms with van der Waals surface area (Å²) in [5, 5.41) is 6.96. The standard InChI is InChI=1S/C23H37N5O2.HI/c1-3-24-23(26-16-19-17-27-10-12-28(19)13-11-27)25-15-18-8-9-21(29-2)14-22(18)30-20-6-4-5-7-20;/h8-9,14,19-20H,3-7,10-13,15-17H2,1-2H3,(H2,24,25,26);1H. The fourth-order valence-electron chi connectivity index (χ4n) is 4.73. The van der Waals surface area contributed by atoms with E-state index in [9.17, 15) is 0 Å². The van der Waals surface area contributed by atoms with Crippen LogP contribution in [0.5, 0.6) is 11.5 Å². The van der Waals surface area contributed by atoms with Crippen LogP contribution in [-0.4, -0.2) is 80.8 Å². The van der Waals surface area contributed by atoms with Crippen LogP contribution in [0.15, 0.2) is 23.2 Å². The minimum atomic E-state index is 0. The van der Waals surface area contributed by atoms with Crippen molar-refractivity contribution in [3.8, 4) is 11.5 Å². The van der Waals surface area contributed by atoms with Crippen LogP contribution in [0.1, 0.15) is 38.2 Å². The van der Waals surface area contributed by atoms with Gasteiger partial charge in [-0.1, -0.05) is 0 Å². The first-order chi connectivity index (χ1) is 14.7. The van der Waals surface area contributed by atoms with E-state index in [1.807, 2.05) is 12.1 Å². The summed E-state index contributed by atoms with van der Waals surface area (Å²) >= 11 is 0. The van der Waals surface area contributed by atoms with E-state index in [2.05, 4.69) is 33.4 Å². The SMILES string of the molecule is CCNC(=NCc1ccc(OC)cc1OC1CCCC1)NCC1CN2CCN1CC2.I. The normalized spacial score (nSPS) is 25.7. The van der Waals surface area contributed by atoms with Gasteiger partial charge < -0.3 is 20.1 Å². The van der Waals surface area contributed by atoms with Crippen LogP contribution in [0.25, 0.3) is 0 Å². The average molecular weight is 543 g/mol. The maximum Gasteiger partial charge on any atom is 0.191 e. The number of rotatable bonds is 8. The van der Waals surface area contributed by atoms with Crippen LogP contribution < -0.4 is 20.1 Å². The molecular weight excluding hydrogens is 505 g/mol. The van der Waals surface area contributed by atoms with E-state index >= 15 is 0 Å². The molecule has 5 rings (SSSR count). The van der Waals surface area contributed by atoms with Gasteiger partial charge in [0, 0.05) is 63.5 Å². The zero-order valence-corrected chi connectivity index (χ0v) is 21.3. The van der Waals surface area contributed by atoms with Gasteiger partial charge in [-0.15, -0.1) is 24.0 Å². The summed E-state index contributed by atoms with van der Waals surface area (Å²) in [6.07, 6.45) is 5.10. The third kappa shape index (κ3) is 6.61. The number of benzene rings is 1. The van der Waals surface area contributed by atoms with Crippen molar-refractivity contribution in [2.45, 2.75) is 51.3 Å². The average Bonchev–Trinajstić information content (AvgIpc) is 3.30. The third-order valence-corrected chi connectivity index (χ3v) is 6.52. The number of hydrogen-bond donors (Lipinski definition) is 2. The van der Waals surface area contributed by atoms with E-state index in [-0.39, 0.29) is 24.0 Å². The van der Waals surface area contributed by atoms with Crippen molar-refractivity contribution in [3.63, 3.8) is 0 Å². The van der Waals surface area contributed by atoms with Gasteiger partial charge in [-0.2, -0.15) is 0 Å². The smallest absolute Gasteiger partial charge is 0.191 e. The summed E-state index contributed by atoms with van der Waals surface area (Å²) in [5.41, 5.74) is 1.10. The van der Waals surface area contributed by atoms with E-state index in [1.165, 1.54) is 39.0 Å². The topological polar surface area (TPSA) is 61.4 Å². The van der Waals surface area contributed by atoms with Crippen LogP contribution in [0.4, 0.5) is 0 Å². The van der Waals surface area contributed by atoms with Gasteiger partial charge in [-0.3, -0.25) is 9.80 Å². The van der Waals surface area contributed by atoms with Crippen molar-refractivity contribution in [1.82, 2.24) is 20.4 Å². The molecule has 1 atom stereocenters. The minimum absolute atomic E-state index is 0. The number of aliphatic imine (C=N–C) groups is 1. The lowest BCUT2D eigenvalue weighted by atomic mass is 10.1. The molecule has 0 amide bonds. The highest BCUT2D eigenvalue weighted by atomic mass is 127. The molecule has 7 nitrogen and oxygen atoms in total. The van der Waals surface area contributed by atoms with Crippen LogP contribution in [-0.2, 0) is 6.54 Å². The van der Waals surface area contributed by atoms with Crippen LogP contribution >= 0.6 is 24.0 Å². The molecular formula is C23H38IN5O2. The number of fused-ring (bicyclic) bond motifs is 3. The van der Waals surface area contributed by atoms with Crippen molar-refractivity contribution >= 4 is 29.9 Å². The van der Waals surface area contributed by atoms with E-state index < -0.39 is 0 Å². The summed E-state index contributed by atoms with van der Waals surface area (Å²) < 4.78 is 11.7. The van der Waals surface area contributed by atoms with Gasteiger partial charge in [-0.25, -0.2) is 4.99 Å². The molecule has 8 heteroatoms. The molecule has 2 N–H and O–H groups in total. The Morgan fingerprint density at radius 1 is 1.13 bits per heavy atom. The number of halogens is 1. The summed E-state index contributed by atoms with van der Waals surface area (Å²) in [5.74, 6) is 2.61. The van der Waals surface area contributed by atoms with Gasteiger partial charge in [-0.05, 0) is 44.7 Å². The lowest BCUT2D eigenvalue weighted by molar-refractivity contribution is 0.0154. The number of piperazine rings is 3. The van der Waals surface area contributed by atoms with Crippen LogP contribution in [0, 0.1) is 0 Å². The van der Waals surface area contributed by atoms with E-state index in [0.29, 0.717) is 18.7 Å². The lowest BCUT2D eigenvalue weighted by Crippen LogP contribution is -2.63. The first-order valence-electron chi connectivity index (χ1n) is 11.6. The van der Waals surface area contributed by atoms with Crippen molar-refractivity contribution in [2.75, 3.05) is 52.9 Å². The highest BCUT2D eigenvalue weighted by Gasteiger charge is 2.31. The number of hydrogen-bond acceptors (Lipinski definition) is 5. The second-order valence-corrected chi connectivity index (χ2v) is 8.56. The predicted octanol–water partition coefficient (Wildman–Crippen LogP) is 2.69. The summed E-state index contributed by atoms with van der Waals surface area (Å²) in [4.78, 5) is 10.0. The maximum atomic E-state index is 6.33. The molecule has 0 aromatic heterocycles. The van der Waals surface area contributed by atoms with E-state index in [4.69, 9.17) is 14.5 Å². The molecule has 0 spiro atoms. The van der Waals surface area contributed by atoms with Gasteiger partial charge >= 0.3 is 0 Å².